The Kier molecular flexibility index (Phi) is 10.5. The van der Waals surface area contributed by atoms with Crippen molar-refractivity contribution in [1.29, 1.82) is 0 Å². The normalized spacial score (nSPS) is 12.6. The molecule has 1 heteroatoms. The third kappa shape index (κ3) is 6.32. The third-order valence-corrected chi connectivity index (χ3v) is 7.70. The minimum absolute atomic E-state index is 0.158. The molecule has 3 aromatic rings. The quantitative estimate of drug-likeness (QED) is 0.132. The number of rotatable bonds is 14. The van der Waals surface area contributed by atoms with E-state index in [1.54, 1.807) is 0 Å². The van der Waals surface area contributed by atoms with E-state index in [1.807, 2.05) is 0 Å². The van der Waals surface area contributed by atoms with Crippen LogP contribution in [0.3, 0.4) is 0 Å². The van der Waals surface area contributed by atoms with Gasteiger partial charge >= 0.3 is 0 Å². The molecular weight excluding hydrogens is 403 g/mol. The van der Waals surface area contributed by atoms with Gasteiger partial charge < -0.3 is 0 Å². The molecule has 0 nitrogen and oxygen atoms in total. The maximum Gasteiger partial charge on any atom is 0.0513 e. The van der Waals surface area contributed by atoms with Gasteiger partial charge in [-0.2, -0.15) is 0 Å². The molecule has 0 aliphatic rings. The van der Waals surface area contributed by atoms with Gasteiger partial charge in [0, 0.05) is 0 Å². The lowest BCUT2D eigenvalue weighted by atomic mass is 9.66. The van der Waals surface area contributed by atoms with E-state index in [9.17, 15) is 0 Å². The maximum absolute atomic E-state index is 3.25. The molecule has 170 valence electrons. The zero-order valence-electron chi connectivity index (χ0n) is 19.9. The van der Waals surface area contributed by atoms with Crippen LogP contribution in [0.2, 0.25) is 0 Å². The Hall–Kier alpha value is -1.91. The van der Waals surface area contributed by atoms with Crippen molar-refractivity contribution in [3.8, 4) is 0 Å². The van der Waals surface area contributed by atoms with Crippen LogP contribution in [-0.4, -0.2) is 5.66 Å². The molecule has 2 atom stereocenters. The van der Waals surface area contributed by atoms with Crippen molar-refractivity contribution >= 4 is 9.24 Å². The monoisotopic (exact) mass is 444 g/mol. The Morgan fingerprint density at radius 1 is 0.531 bits per heavy atom. The van der Waals surface area contributed by atoms with Crippen LogP contribution in [0, 0.1) is 0 Å². The van der Waals surface area contributed by atoms with Crippen LogP contribution in [0.4, 0.5) is 0 Å². The summed E-state index contributed by atoms with van der Waals surface area (Å²) in [6.07, 6.45) is 13.6. The van der Waals surface area contributed by atoms with Crippen molar-refractivity contribution in [2.24, 2.45) is 0 Å². The Morgan fingerprint density at radius 2 is 0.875 bits per heavy atom. The average molecular weight is 445 g/mol. The molecule has 0 saturated carbocycles. The second-order valence-corrected chi connectivity index (χ2v) is 9.93. The first-order chi connectivity index (χ1) is 15.8. The van der Waals surface area contributed by atoms with Crippen LogP contribution in [0.5, 0.6) is 0 Å². The van der Waals surface area contributed by atoms with E-state index >= 15 is 0 Å². The molecule has 32 heavy (non-hydrogen) atoms. The topological polar surface area (TPSA) is 0 Å². The molecule has 0 aromatic heterocycles. The highest BCUT2D eigenvalue weighted by atomic mass is 31.0. The summed E-state index contributed by atoms with van der Waals surface area (Å²) in [4.78, 5) is 0. The summed E-state index contributed by atoms with van der Waals surface area (Å²) < 4.78 is 0. The highest BCUT2D eigenvalue weighted by Crippen LogP contribution is 2.46. The summed E-state index contributed by atoms with van der Waals surface area (Å²) >= 11 is 0. The van der Waals surface area contributed by atoms with Gasteiger partial charge in [-0.25, -0.2) is 0 Å². The zero-order valence-corrected chi connectivity index (χ0v) is 21.0. The minimum atomic E-state index is -0.158. The second kappa shape index (κ2) is 13.6. The van der Waals surface area contributed by atoms with Gasteiger partial charge in [0.05, 0.1) is 5.41 Å². The lowest BCUT2D eigenvalue weighted by Crippen LogP contribution is -2.38. The number of benzene rings is 3. The molecule has 0 heterocycles. The van der Waals surface area contributed by atoms with Crippen molar-refractivity contribution in [3.63, 3.8) is 0 Å². The highest BCUT2D eigenvalue weighted by Gasteiger charge is 2.41. The summed E-state index contributed by atoms with van der Waals surface area (Å²) in [6, 6.07) is 33.4. The Labute approximate surface area is 199 Å². The lowest BCUT2D eigenvalue weighted by molar-refractivity contribution is 0.504. The van der Waals surface area contributed by atoms with E-state index < -0.39 is 0 Å². The molecule has 0 N–H and O–H groups in total. The van der Waals surface area contributed by atoms with Crippen molar-refractivity contribution in [2.75, 3.05) is 0 Å². The van der Waals surface area contributed by atoms with E-state index in [0.717, 1.165) is 0 Å². The fourth-order valence-electron chi connectivity index (χ4n) is 5.14. The molecule has 0 spiro atoms. The van der Waals surface area contributed by atoms with E-state index in [-0.39, 0.29) is 5.41 Å². The molecule has 0 amide bonds. The molecule has 0 saturated heterocycles. The van der Waals surface area contributed by atoms with Gasteiger partial charge in [0.1, 0.15) is 0 Å². The van der Waals surface area contributed by atoms with Crippen LogP contribution >= 0.6 is 9.24 Å². The largest absolute Gasteiger partial charge is 0.133 e. The number of hydrogen-bond acceptors (Lipinski definition) is 0. The SMILES string of the molecule is CCCCCCCCCCCC(P)C(c1ccccc1)(c1ccccc1)c1ccccc1. The molecule has 0 bridgehead atoms. The van der Waals surface area contributed by atoms with Gasteiger partial charge in [0.25, 0.3) is 0 Å². The summed E-state index contributed by atoms with van der Waals surface area (Å²) in [7, 11) is 3.25. The zero-order chi connectivity index (χ0) is 22.5. The van der Waals surface area contributed by atoms with Crippen LogP contribution in [0.25, 0.3) is 0 Å². The van der Waals surface area contributed by atoms with E-state index in [1.165, 1.54) is 80.9 Å². The van der Waals surface area contributed by atoms with Crippen LogP contribution in [0.15, 0.2) is 91.0 Å². The second-order valence-electron chi connectivity index (χ2n) is 9.13. The summed E-state index contributed by atoms with van der Waals surface area (Å²) in [6.45, 7) is 2.29. The third-order valence-electron chi connectivity index (χ3n) is 6.86. The van der Waals surface area contributed by atoms with Gasteiger partial charge in [-0.05, 0) is 28.8 Å². The first-order valence-corrected chi connectivity index (χ1v) is 13.4. The fourth-order valence-corrected chi connectivity index (χ4v) is 5.95. The molecule has 0 radical (unpaired) electrons. The van der Waals surface area contributed by atoms with Gasteiger partial charge in [-0.1, -0.05) is 156 Å². The summed E-state index contributed by atoms with van der Waals surface area (Å²) in [5.74, 6) is 0. The van der Waals surface area contributed by atoms with Crippen LogP contribution in [-0.2, 0) is 5.41 Å². The van der Waals surface area contributed by atoms with Crippen molar-refractivity contribution in [1.82, 2.24) is 0 Å². The Morgan fingerprint density at radius 3 is 1.25 bits per heavy atom. The van der Waals surface area contributed by atoms with E-state index in [4.69, 9.17) is 0 Å². The van der Waals surface area contributed by atoms with Crippen LogP contribution in [0.1, 0.15) is 87.8 Å². The molecule has 0 aliphatic heterocycles. The molecule has 3 aromatic carbocycles. The first kappa shape index (κ1) is 24.7. The molecule has 0 aliphatic carbocycles. The van der Waals surface area contributed by atoms with Crippen LogP contribution < -0.4 is 0 Å². The molecule has 2 unspecified atom stereocenters. The Balaban J connectivity index is 1.77. The lowest BCUT2D eigenvalue weighted by Gasteiger charge is -2.41. The Bertz CT molecular complexity index is 760. The standard InChI is InChI=1S/C31H41P/c1-2-3-4-5-6-7-8-9-19-26-30(32)31(27-20-13-10-14-21-27,28-22-15-11-16-23-28)29-24-17-12-18-25-29/h10-18,20-25,30H,2-9,19,26,32H2,1H3. The number of hydrogen-bond donors (Lipinski definition) is 0. The van der Waals surface area contributed by atoms with Crippen molar-refractivity contribution in [2.45, 2.75) is 82.2 Å². The van der Waals surface area contributed by atoms with Gasteiger partial charge in [-0.3, -0.25) is 0 Å². The van der Waals surface area contributed by atoms with E-state index in [2.05, 4.69) is 107 Å². The van der Waals surface area contributed by atoms with Gasteiger partial charge in [0.2, 0.25) is 0 Å². The molecule has 0 fully saturated rings. The minimum Gasteiger partial charge on any atom is -0.133 e. The average Bonchev–Trinajstić information content (AvgIpc) is 2.85. The number of unbranched alkanes of at least 4 members (excludes halogenated alkanes) is 8. The van der Waals surface area contributed by atoms with E-state index in [0.29, 0.717) is 5.66 Å². The molecule has 3 rings (SSSR count). The fraction of sp³-hybridized carbons (Fsp3) is 0.419. The maximum atomic E-state index is 3.25. The van der Waals surface area contributed by atoms with Crippen molar-refractivity contribution < 1.29 is 0 Å². The van der Waals surface area contributed by atoms with Crippen molar-refractivity contribution in [3.05, 3.63) is 108 Å². The van der Waals surface area contributed by atoms with Gasteiger partial charge in [0.15, 0.2) is 0 Å². The first-order valence-electron chi connectivity index (χ1n) is 12.7. The summed E-state index contributed by atoms with van der Waals surface area (Å²) in [5.41, 5.74) is 4.42. The molecular formula is C31H41P. The predicted molar refractivity (Wildman–Crippen MR) is 145 cm³/mol. The highest BCUT2D eigenvalue weighted by molar-refractivity contribution is 7.17. The summed E-state index contributed by atoms with van der Waals surface area (Å²) in [5, 5.41) is 0. The predicted octanol–water partition coefficient (Wildman–Crippen LogP) is 9.19. The van der Waals surface area contributed by atoms with Gasteiger partial charge in [-0.15, -0.1) is 9.24 Å². The smallest absolute Gasteiger partial charge is 0.0513 e.